The Morgan fingerprint density at radius 3 is 2.51 bits per heavy atom. The summed E-state index contributed by atoms with van der Waals surface area (Å²) in [5.41, 5.74) is 0.625. The maximum Gasteiger partial charge on any atom is 0.351 e. The molecular weight excluding hydrogens is 510 g/mol. The van der Waals surface area contributed by atoms with Crippen LogP contribution >= 0.6 is 23.6 Å². The van der Waals surface area contributed by atoms with E-state index in [1.807, 2.05) is 4.57 Å². The fraction of sp³-hybridized carbons (Fsp3) is 0.393. The normalized spacial score (nSPS) is 30.0. The third-order valence-corrected chi connectivity index (χ3v) is 9.87. The minimum atomic E-state index is -0.779. The van der Waals surface area contributed by atoms with Crippen molar-refractivity contribution in [3.63, 3.8) is 0 Å². The van der Waals surface area contributed by atoms with E-state index in [0.717, 1.165) is 11.8 Å². The number of thiazole rings is 1. The van der Waals surface area contributed by atoms with Crippen molar-refractivity contribution >= 4 is 47.0 Å². The van der Waals surface area contributed by atoms with Crippen LogP contribution in [0.5, 0.6) is 17.4 Å². The van der Waals surface area contributed by atoms with Crippen molar-refractivity contribution < 1.29 is 28.6 Å². The highest BCUT2D eigenvalue weighted by Crippen LogP contribution is 2.59. The Bertz CT molecular complexity index is 1620. The number of fused-ring (bicyclic) bond motifs is 1. The van der Waals surface area contributed by atoms with Gasteiger partial charge in [-0.2, -0.15) is 0 Å². The topological polar surface area (TPSA) is 90.9 Å². The summed E-state index contributed by atoms with van der Waals surface area (Å²) < 4.78 is 19.1. The number of ether oxygens (including phenoxy) is 2. The van der Waals surface area contributed by atoms with Gasteiger partial charge in [0.1, 0.15) is 22.3 Å². The summed E-state index contributed by atoms with van der Waals surface area (Å²) in [6, 6.07) is 8.21. The van der Waals surface area contributed by atoms with Crippen LogP contribution in [-0.4, -0.2) is 28.5 Å². The Labute approximate surface area is 221 Å². The summed E-state index contributed by atoms with van der Waals surface area (Å²) in [4.78, 5) is 26.4. The van der Waals surface area contributed by atoms with Crippen LogP contribution in [0.4, 0.5) is 0 Å². The number of ketones is 1. The van der Waals surface area contributed by atoms with Gasteiger partial charge in [0, 0.05) is 18.2 Å². The zero-order chi connectivity index (χ0) is 25.4. The highest BCUT2D eigenvalue weighted by atomic mass is 32.1. The van der Waals surface area contributed by atoms with Crippen molar-refractivity contribution in [1.82, 2.24) is 4.57 Å². The zero-order valence-electron chi connectivity index (χ0n) is 20.1. The van der Waals surface area contributed by atoms with Crippen LogP contribution in [0.3, 0.4) is 0 Å². The maximum atomic E-state index is 13.1. The molecule has 0 unspecified atom stereocenters. The van der Waals surface area contributed by atoms with Crippen LogP contribution in [0, 0.1) is 27.6 Å². The van der Waals surface area contributed by atoms with Crippen LogP contribution in [0.15, 0.2) is 34.7 Å². The molecule has 3 aromatic rings. The summed E-state index contributed by atoms with van der Waals surface area (Å²) in [6.45, 7) is 0. The summed E-state index contributed by atoms with van der Waals surface area (Å²) in [6.07, 6.45) is 8.00. The number of aromatic nitrogens is 1. The number of nitrogens with zero attached hydrogens (tertiary/aromatic N) is 1. The van der Waals surface area contributed by atoms with Gasteiger partial charge in [0.2, 0.25) is 11.7 Å². The first-order valence-corrected chi connectivity index (χ1v) is 13.8. The monoisotopic (exact) mass is 535 g/mol. The maximum absolute atomic E-state index is 13.1. The molecule has 5 aliphatic rings. The molecule has 4 fully saturated rings. The minimum Gasteiger partial charge on any atom is -0.497 e. The first-order valence-electron chi connectivity index (χ1n) is 12.6. The zero-order valence-corrected chi connectivity index (χ0v) is 21.8. The number of hydrogen-bond acceptors (Lipinski definition) is 8. The van der Waals surface area contributed by atoms with Gasteiger partial charge in [-0.25, -0.2) is 4.79 Å². The molecule has 8 rings (SSSR count). The van der Waals surface area contributed by atoms with Gasteiger partial charge in [0.25, 0.3) is 0 Å². The number of esters is 1. The van der Waals surface area contributed by atoms with E-state index in [-0.39, 0.29) is 34.2 Å². The lowest BCUT2D eigenvalue weighted by molar-refractivity contribution is -0.128. The Morgan fingerprint density at radius 2 is 1.81 bits per heavy atom. The van der Waals surface area contributed by atoms with Gasteiger partial charge in [0.05, 0.1) is 17.6 Å². The van der Waals surface area contributed by atoms with E-state index >= 15 is 0 Å². The van der Waals surface area contributed by atoms with E-state index in [1.165, 1.54) is 56.6 Å². The van der Waals surface area contributed by atoms with Gasteiger partial charge in [-0.3, -0.25) is 9.36 Å². The Balaban J connectivity index is 1.25. The molecule has 4 aliphatic carbocycles. The number of Topliss-reactive ketones (excluding diaryl/α,β-unsaturated/α-hetero) is 1. The van der Waals surface area contributed by atoms with E-state index in [1.54, 1.807) is 30.3 Å². The van der Waals surface area contributed by atoms with Crippen molar-refractivity contribution in [3.05, 3.63) is 55.6 Å². The molecule has 9 heteroatoms. The molecule has 37 heavy (non-hydrogen) atoms. The van der Waals surface area contributed by atoms with E-state index in [4.69, 9.17) is 26.1 Å². The number of methoxy groups -OCH3 is 1. The van der Waals surface area contributed by atoms with Crippen LogP contribution in [0.1, 0.15) is 53.4 Å². The van der Waals surface area contributed by atoms with Gasteiger partial charge < -0.3 is 19.0 Å². The molecular formula is C28H25NO6S2. The van der Waals surface area contributed by atoms with Gasteiger partial charge in [-0.05, 0) is 92.3 Å². The summed E-state index contributed by atoms with van der Waals surface area (Å²) in [7, 11) is 1.50. The van der Waals surface area contributed by atoms with Crippen molar-refractivity contribution in [2.24, 2.45) is 23.7 Å². The van der Waals surface area contributed by atoms with Gasteiger partial charge >= 0.3 is 5.97 Å². The second-order valence-electron chi connectivity index (χ2n) is 10.6. The molecule has 0 atom stereocenters. The van der Waals surface area contributed by atoms with Gasteiger partial charge in [-0.1, -0.05) is 0 Å². The predicted octanol–water partition coefficient (Wildman–Crippen LogP) is 4.36. The minimum absolute atomic E-state index is 0.117. The van der Waals surface area contributed by atoms with Crippen LogP contribution < -0.4 is 20.3 Å². The Hall–Kier alpha value is -3.17. The highest BCUT2D eigenvalue weighted by Gasteiger charge is 2.49. The number of hydrogen-bond donors (Lipinski definition) is 1. The third-order valence-electron chi connectivity index (χ3n) is 8.53. The van der Waals surface area contributed by atoms with E-state index < -0.39 is 11.8 Å². The second-order valence-corrected chi connectivity index (χ2v) is 12.3. The van der Waals surface area contributed by atoms with Gasteiger partial charge in [-0.15, -0.1) is 11.3 Å². The van der Waals surface area contributed by atoms with Crippen LogP contribution in [0.25, 0.3) is 11.6 Å². The first kappa shape index (κ1) is 23.0. The van der Waals surface area contributed by atoms with Crippen LogP contribution in [-0.2, 0) is 4.79 Å². The predicted molar refractivity (Wildman–Crippen MR) is 139 cm³/mol. The fourth-order valence-corrected chi connectivity index (χ4v) is 8.59. The molecule has 0 radical (unpaired) electrons. The molecule has 1 aliphatic heterocycles. The molecule has 3 heterocycles. The third kappa shape index (κ3) is 3.62. The standard InChI is InChI=1S/C28H25NO6S2/c1-33-17-2-4-19-21(11-17)35-27(32)23(25(19)30)20-5-3-18(34-20)12-22-26(31)29(28(36)37-22)24-15-7-13-6-14(9-15)10-16(24)8-13/h2-5,11-16,24,31H,6-10H2,1H3. The number of carbonyl (C=O) groups excluding carboxylic acids is 2. The lowest BCUT2D eigenvalue weighted by atomic mass is 9.54. The van der Waals surface area contributed by atoms with Crippen molar-refractivity contribution in [3.8, 4) is 17.4 Å². The molecule has 1 N–H and O–H groups in total. The number of carbonyl (C=O) groups is 2. The highest BCUT2D eigenvalue weighted by molar-refractivity contribution is 7.73. The molecule has 1 aromatic carbocycles. The SMILES string of the molecule is COc1ccc2c(c1)OC(=O)C(=c1ccc(=Cc3sc(=S)n(C4C5CC6CC(C5)CC4C6)c3O)o1)C2=O. The largest absolute Gasteiger partial charge is 0.497 e. The fourth-order valence-electron chi connectivity index (χ4n) is 7.26. The lowest BCUT2D eigenvalue weighted by Gasteiger charge is -2.54. The first-order chi connectivity index (χ1) is 17.9. The summed E-state index contributed by atoms with van der Waals surface area (Å²) in [5, 5.41) is 11.2. The molecule has 0 spiro atoms. The van der Waals surface area contributed by atoms with Crippen molar-refractivity contribution in [2.45, 2.75) is 38.1 Å². The van der Waals surface area contributed by atoms with E-state index in [0.29, 0.717) is 31.8 Å². The Kier molecular flexibility index (Phi) is 5.23. The van der Waals surface area contributed by atoms with Crippen molar-refractivity contribution in [1.29, 1.82) is 0 Å². The number of aromatic hydroxyl groups is 1. The van der Waals surface area contributed by atoms with Crippen LogP contribution in [0.2, 0.25) is 0 Å². The summed E-state index contributed by atoms with van der Waals surface area (Å²) >= 11 is 7.08. The molecule has 7 nitrogen and oxygen atoms in total. The quantitative estimate of drug-likeness (QED) is 0.303. The summed E-state index contributed by atoms with van der Waals surface area (Å²) in [5.74, 6) is 2.40. The lowest BCUT2D eigenvalue weighted by Crippen LogP contribution is -2.45. The molecule has 0 saturated heterocycles. The average molecular weight is 536 g/mol. The second kappa shape index (κ2) is 8.43. The number of benzene rings is 1. The van der Waals surface area contributed by atoms with E-state index in [9.17, 15) is 14.7 Å². The molecule has 190 valence electrons. The molecule has 4 bridgehead atoms. The molecule has 2 aromatic heterocycles. The van der Waals surface area contributed by atoms with E-state index in [2.05, 4.69) is 0 Å². The smallest absolute Gasteiger partial charge is 0.351 e. The average Bonchev–Trinajstić information content (AvgIpc) is 3.42. The molecule has 4 saturated carbocycles. The number of furan rings is 1. The van der Waals surface area contributed by atoms with Gasteiger partial charge in [0.15, 0.2) is 9.53 Å². The van der Waals surface area contributed by atoms with Crippen molar-refractivity contribution in [2.75, 3.05) is 7.11 Å². The number of rotatable bonds is 3. The Morgan fingerprint density at radius 1 is 1.08 bits per heavy atom. The molecule has 0 amide bonds.